The second-order valence-corrected chi connectivity index (χ2v) is 4.77. The number of hydrogen-bond acceptors (Lipinski definition) is 4. The van der Waals surface area contributed by atoms with Gasteiger partial charge in [0.2, 0.25) is 0 Å². The summed E-state index contributed by atoms with van der Waals surface area (Å²) in [4.78, 5) is 11.6. The van der Waals surface area contributed by atoms with Crippen LogP contribution >= 0.6 is 0 Å². The van der Waals surface area contributed by atoms with Crippen molar-refractivity contribution in [3.63, 3.8) is 0 Å². The number of benzene rings is 1. The molecule has 0 saturated carbocycles. The molecule has 19 heavy (non-hydrogen) atoms. The summed E-state index contributed by atoms with van der Waals surface area (Å²) >= 11 is 0. The fraction of sp³-hybridized carbons (Fsp3) is 0.533. The topological polar surface area (TPSA) is 47.6 Å². The molecule has 1 N–H and O–H groups in total. The van der Waals surface area contributed by atoms with E-state index in [1.54, 1.807) is 19.1 Å². The first kappa shape index (κ1) is 13.9. The molecule has 0 aromatic heterocycles. The SMILES string of the molecule is CCOC(=O)c1cccc(OC[C@H]2CCCNC2)c1. The zero-order chi connectivity index (χ0) is 13.5. The minimum absolute atomic E-state index is 0.299. The lowest BCUT2D eigenvalue weighted by Gasteiger charge is -2.22. The monoisotopic (exact) mass is 263 g/mol. The van der Waals surface area contributed by atoms with Gasteiger partial charge in [0.15, 0.2) is 0 Å². The number of rotatable bonds is 5. The maximum absolute atomic E-state index is 11.6. The third-order valence-electron chi connectivity index (χ3n) is 3.23. The van der Waals surface area contributed by atoms with Crippen LogP contribution in [-0.4, -0.2) is 32.3 Å². The Kier molecular flexibility index (Phi) is 5.21. The van der Waals surface area contributed by atoms with Crippen molar-refractivity contribution in [1.82, 2.24) is 5.32 Å². The van der Waals surface area contributed by atoms with Gasteiger partial charge in [-0.15, -0.1) is 0 Å². The smallest absolute Gasteiger partial charge is 0.338 e. The molecule has 0 aliphatic carbocycles. The van der Waals surface area contributed by atoms with Gasteiger partial charge >= 0.3 is 5.97 Å². The van der Waals surface area contributed by atoms with Gasteiger partial charge in [-0.05, 0) is 44.5 Å². The summed E-state index contributed by atoms with van der Waals surface area (Å²) in [7, 11) is 0. The lowest BCUT2D eigenvalue weighted by atomic mass is 10.0. The van der Waals surface area contributed by atoms with E-state index in [-0.39, 0.29) is 5.97 Å². The van der Waals surface area contributed by atoms with Gasteiger partial charge in [0.05, 0.1) is 18.8 Å². The average molecular weight is 263 g/mol. The minimum atomic E-state index is -0.299. The van der Waals surface area contributed by atoms with E-state index < -0.39 is 0 Å². The number of nitrogens with one attached hydrogen (secondary N) is 1. The molecule has 4 nitrogen and oxygen atoms in total. The number of carbonyl (C=O) groups excluding carboxylic acids is 1. The number of piperidine rings is 1. The van der Waals surface area contributed by atoms with E-state index in [1.165, 1.54) is 12.8 Å². The first-order valence-corrected chi connectivity index (χ1v) is 6.90. The summed E-state index contributed by atoms with van der Waals surface area (Å²) in [6.45, 7) is 5.00. The largest absolute Gasteiger partial charge is 0.493 e. The summed E-state index contributed by atoms with van der Waals surface area (Å²) in [5, 5.41) is 3.36. The summed E-state index contributed by atoms with van der Waals surface area (Å²) < 4.78 is 10.7. The highest BCUT2D eigenvalue weighted by Gasteiger charge is 2.14. The molecular weight excluding hydrogens is 242 g/mol. The molecule has 0 bridgehead atoms. The van der Waals surface area contributed by atoms with Gasteiger partial charge in [0, 0.05) is 12.5 Å². The Bertz CT molecular complexity index is 414. The van der Waals surface area contributed by atoms with Crippen molar-refractivity contribution in [3.8, 4) is 5.75 Å². The second-order valence-electron chi connectivity index (χ2n) is 4.77. The van der Waals surface area contributed by atoms with Gasteiger partial charge in [-0.25, -0.2) is 4.79 Å². The molecule has 1 fully saturated rings. The highest BCUT2D eigenvalue weighted by molar-refractivity contribution is 5.89. The van der Waals surface area contributed by atoms with Gasteiger partial charge < -0.3 is 14.8 Å². The lowest BCUT2D eigenvalue weighted by molar-refractivity contribution is 0.0525. The molecule has 104 valence electrons. The molecule has 1 aromatic rings. The normalized spacial score (nSPS) is 18.9. The van der Waals surface area contributed by atoms with Gasteiger partial charge in [-0.2, -0.15) is 0 Å². The Morgan fingerprint density at radius 3 is 3.11 bits per heavy atom. The van der Waals surface area contributed by atoms with Crippen molar-refractivity contribution >= 4 is 5.97 Å². The van der Waals surface area contributed by atoms with Crippen molar-refractivity contribution in [2.24, 2.45) is 5.92 Å². The van der Waals surface area contributed by atoms with E-state index in [0.29, 0.717) is 24.7 Å². The van der Waals surface area contributed by atoms with E-state index in [9.17, 15) is 4.79 Å². The molecule has 0 spiro atoms. The fourth-order valence-corrected chi connectivity index (χ4v) is 2.21. The Balaban J connectivity index is 1.89. The van der Waals surface area contributed by atoms with E-state index >= 15 is 0 Å². The Morgan fingerprint density at radius 2 is 2.37 bits per heavy atom. The van der Waals surface area contributed by atoms with Gasteiger partial charge in [-0.1, -0.05) is 6.07 Å². The van der Waals surface area contributed by atoms with Crippen LogP contribution in [0.5, 0.6) is 5.75 Å². The highest BCUT2D eigenvalue weighted by atomic mass is 16.5. The molecule has 1 saturated heterocycles. The van der Waals surface area contributed by atoms with Crippen molar-refractivity contribution in [1.29, 1.82) is 0 Å². The van der Waals surface area contributed by atoms with E-state index in [0.717, 1.165) is 18.8 Å². The van der Waals surface area contributed by atoms with Crippen LogP contribution in [0.4, 0.5) is 0 Å². The number of carbonyl (C=O) groups is 1. The second kappa shape index (κ2) is 7.14. The van der Waals surface area contributed by atoms with E-state index in [4.69, 9.17) is 9.47 Å². The third-order valence-corrected chi connectivity index (χ3v) is 3.23. The molecule has 0 amide bonds. The van der Waals surface area contributed by atoms with E-state index in [1.807, 2.05) is 12.1 Å². The molecule has 1 aliphatic heterocycles. The maximum Gasteiger partial charge on any atom is 0.338 e. The Morgan fingerprint density at radius 1 is 1.47 bits per heavy atom. The van der Waals surface area contributed by atoms with Crippen LogP contribution < -0.4 is 10.1 Å². The standard InChI is InChI=1S/C15H21NO3/c1-2-18-15(17)13-6-3-7-14(9-13)19-11-12-5-4-8-16-10-12/h3,6-7,9,12,16H,2,4-5,8,10-11H2,1H3/t12-/m0/s1. The van der Waals surface area contributed by atoms with Gasteiger partial charge in [0.1, 0.15) is 5.75 Å². The predicted octanol–water partition coefficient (Wildman–Crippen LogP) is 2.24. The van der Waals surface area contributed by atoms with Gasteiger partial charge in [0.25, 0.3) is 0 Å². The maximum atomic E-state index is 11.6. The fourth-order valence-electron chi connectivity index (χ4n) is 2.21. The van der Waals surface area contributed by atoms with Gasteiger partial charge in [-0.3, -0.25) is 0 Å². The molecular formula is C15H21NO3. The zero-order valence-corrected chi connectivity index (χ0v) is 11.4. The average Bonchev–Trinajstić information content (AvgIpc) is 2.47. The van der Waals surface area contributed by atoms with Crippen molar-refractivity contribution < 1.29 is 14.3 Å². The molecule has 4 heteroatoms. The molecule has 0 radical (unpaired) electrons. The molecule has 0 unspecified atom stereocenters. The number of esters is 1. The summed E-state index contributed by atoms with van der Waals surface area (Å²) in [5.41, 5.74) is 0.543. The van der Waals surface area contributed by atoms with Crippen LogP contribution in [0, 0.1) is 5.92 Å². The molecule has 1 aliphatic rings. The zero-order valence-electron chi connectivity index (χ0n) is 11.4. The summed E-state index contributed by atoms with van der Waals surface area (Å²) in [6.07, 6.45) is 2.40. The van der Waals surface area contributed by atoms with Crippen LogP contribution in [0.25, 0.3) is 0 Å². The van der Waals surface area contributed by atoms with Crippen molar-refractivity contribution in [2.75, 3.05) is 26.3 Å². The minimum Gasteiger partial charge on any atom is -0.493 e. The van der Waals surface area contributed by atoms with Crippen LogP contribution in [0.1, 0.15) is 30.1 Å². The first-order chi connectivity index (χ1) is 9.29. The third kappa shape index (κ3) is 4.24. The lowest BCUT2D eigenvalue weighted by Crippen LogP contribution is -2.33. The quantitative estimate of drug-likeness (QED) is 0.828. The van der Waals surface area contributed by atoms with Crippen molar-refractivity contribution in [2.45, 2.75) is 19.8 Å². The number of ether oxygens (including phenoxy) is 2. The highest BCUT2D eigenvalue weighted by Crippen LogP contribution is 2.17. The van der Waals surface area contributed by atoms with Crippen molar-refractivity contribution in [3.05, 3.63) is 29.8 Å². The summed E-state index contributed by atoms with van der Waals surface area (Å²) in [6, 6.07) is 7.18. The Labute approximate surface area is 114 Å². The molecule has 1 heterocycles. The van der Waals surface area contributed by atoms with Crippen LogP contribution in [0.2, 0.25) is 0 Å². The summed E-state index contributed by atoms with van der Waals surface area (Å²) in [5.74, 6) is 0.989. The first-order valence-electron chi connectivity index (χ1n) is 6.90. The van der Waals surface area contributed by atoms with Crippen LogP contribution in [0.15, 0.2) is 24.3 Å². The molecule has 1 aromatic carbocycles. The van der Waals surface area contributed by atoms with E-state index in [2.05, 4.69) is 5.32 Å². The Hall–Kier alpha value is -1.55. The van der Waals surface area contributed by atoms with Crippen LogP contribution in [-0.2, 0) is 4.74 Å². The van der Waals surface area contributed by atoms with Crippen LogP contribution in [0.3, 0.4) is 0 Å². The predicted molar refractivity (Wildman–Crippen MR) is 73.5 cm³/mol. The number of hydrogen-bond donors (Lipinski definition) is 1. The molecule has 2 rings (SSSR count). The molecule has 1 atom stereocenters.